The van der Waals surface area contributed by atoms with E-state index < -0.39 is 5.60 Å². The van der Waals surface area contributed by atoms with Crippen molar-refractivity contribution < 1.29 is 9.84 Å². The van der Waals surface area contributed by atoms with Crippen LogP contribution in [0.4, 0.5) is 0 Å². The number of ether oxygens (including phenoxy) is 1. The van der Waals surface area contributed by atoms with Crippen molar-refractivity contribution in [3.05, 3.63) is 0 Å². The summed E-state index contributed by atoms with van der Waals surface area (Å²) < 4.78 is 6.04. The second-order valence-electron chi connectivity index (χ2n) is 6.56. The van der Waals surface area contributed by atoms with Crippen molar-refractivity contribution >= 4 is 11.8 Å². The van der Waals surface area contributed by atoms with E-state index in [0.717, 1.165) is 5.94 Å². The summed E-state index contributed by atoms with van der Waals surface area (Å²) in [4.78, 5) is 0. The van der Waals surface area contributed by atoms with Crippen LogP contribution in [0.2, 0.25) is 0 Å². The zero-order chi connectivity index (χ0) is 13.2. The molecule has 3 heteroatoms. The molecule has 2 nitrogen and oxygen atoms in total. The number of rotatable bonds is 4. The minimum Gasteiger partial charge on any atom is -0.390 e. The molecule has 2 aliphatic rings. The Morgan fingerprint density at radius 3 is 2.44 bits per heavy atom. The highest BCUT2D eigenvalue weighted by molar-refractivity contribution is 7.98. The van der Waals surface area contributed by atoms with E-state index in [-0.39, 0.29) is 0 Å². The Bertz CT molecular complexity index is 262. The number of fused-ring (bicyclic) bond motifs is 1. The first-order chi connectivity index (χ1) is 8.54. The monoisotopic (exact) mass is 272 g/mol. The van der Waals surface area contributed by atoms with E-state index in [2.05, 4.69) is 6.26 Å². The van der Waals surface area contributed by atoms with Crippen LogP contribution in [0, 0.1) is 17.8 Å². The van der Waals surface area contributed by atoms with Gasteiger partial charge in [0.2, 0.25) is 0 Å². The largest absolute Gasteiger partial charge is 0.390 e. The summed E-state index contributed by atoms with van der Waals surface area (Å²) in [5, 5.41) is 10.4. The average Bonchev–Trinajstić information content (AvgIpc) is 2.34. The fourth-order valence-electron chi connectivity index (χ4n) is 4.19. The lowest BCUT2D eigenvalue weighted by Gasteiger charge is -2.49. The van der Waals surface area contributed by atoms with Crippen LogP contribution in [0.5, 0.6) is 0 Å². The minimum atomic E-state index is -0.523. The highest BCUT2D eigenvalue weighted by Crippen LogP contribution is 2.48. The number of aliphatic hydroxyl groups is 1. The molecule has 0 aromatic rings. The lowest BCUT2D eigenvalue weighted by atomic mass is 9.60. The van der Waals surface area contributed by atoms with Crippen molar-refractivity contribution in [2.24, 2.45) is 17.8 Å². The van der Waals surface area contributed by atoms with Gasteiger partial charge in [-0.25, -0.2) is 0 Å². The Hall–Kier alpha value is 0.270. The second-order valence-corrected chi connectivity index (χ2v) is 7.37. The number of thioether (sulfide) groups is 1. The molecule has 0 saturated heterocycles. The molecule has 2 rings (SSSR count). The lowest BCUT2D eigenvalue weighted by Crippen LogP contribution is -2.47. The van der Waals surface area contributed by atoms with Crippen LogP contribution in [-0.4, -0.2) is 29.0 Å². The zero-order valence-corrected chi connectivity index (χ0v) is 12.8. The molecule has 0 heterocycles. The molecule has 0 aromatic carbocycles. The van der Waals surface area contributed by atoms with E-state index in [4.69, 9.17) is 4.74 Å². The SMILES string of the molecule is CSCO[C@@H]1CCCC2C1CCC[C@@H]2C(C)(C)O. The maximum Gasteiger partial charge on any atom is 0.0922 e. The van der Waals surface area contributed by atoms with E-state index >= 15 is 0 Å². The first-order valence-electron chi connectivity index (χ1n) is 7.37. The van der Waals surface area contributed by atoms with Crippen LogP contribution in [-0.2, 0) is 4.74 Å². The molecule has 2 aliphatic carbocycles. The summed E-state index contributed by atoms with van der Waals surface area (Å²) >= 11 is 1.77. The van der Waals surface area contributed by atoms with Gasteiger partial charge in [0.05, 0.1) is 17.6 Å². The maximum absolute atomic E-state index is 10.4. The third-order valence-corrected chi connectivity index (χ3v) is 5.30. The van der Waals surface area contributed by atoms with Crippen LogP contribution >= 0.6 is 11.8 Å². The van der Waals surface area contributed by atoms with E-state index in [1.54, 1.807) is 11.8 Å². The second kappa shape index (κ2) is 6.15. The van der Waals surface area contributed by atoms with E-state index in [0.29, 0.717) is 23.9 Å². The molecule has 0 radical (unpaired) electrons. The van der Waals surface area contributed by atoms with Gasteiger partial charge in [0.25, 0.3) is 0 Å². The molecule has 1 N–H and O–H groups in total. The van der Waals surface area contributed by atoms with Crippen molar-refractivity contribution in [3.8, 4) is 0 Å². The summed E-state index contributed by atoms with van der Waals surface area (Å²) in [5.74, 6) is 2.66. The first kappa shape index (κ1) is 14.7. The van der Waals surface area contributed by atoms with Crippen molar-refractivity contribution in [1.29, 1.82) is 0 Å². The summed E-state index contributed by atoms with van der Waals surface area (Å²) in [7, 11) is 0. The van der Waals surface area contributed by atoms with E-state index in [1.807, 2.05) is 13.8 Å². The highest BCUT2D eigenvalue weighted by atomic mass is 32.2. The Morgan fingerprint density at radius 1 is 1.11 bits per heavy atom. The summed E-state index contributed by atoms with van der Waals surface area (Å²) in [6.45, 7) is 3.98. The zero-order valence-electron chi connectivity index (χ0n) is 12.0. The minimum absolute atomic E-state index is 0.446. The van der Waals surface area contributed by atoms with E-state index in [9.17, 15) is 5.11 Å². The van der Waals surface area contributed by atoms with Crippen molar-refractivity contribution in [1.82, 2.24) is 0 Å². The summed E-state index contributed by atoms with van der Waals surface area (Å²) in [6.07, 6.45) is 10.1. The molecule has 0 amide bonds. The van der Waals surface area contributed by atoms with Gasteiger partial charge in [-0.15, -0.1) is 11.8 Å². The fourth-order valence-corrected chi connectivity index (χ4v) is 4.50. The molecule has 18 heavy (non-hydrogen) atoms. The number of hydrogen-bond acceptors (Lipinski definition) is 3. The molecule has 2 unspecified atom stereocenters. The molecule has 106 valence electrons. The summed E-state index contributed by atoms with van der Waals surface area (Å²) in [6, 6.07) is 0. The lowest BCUT2D eigenvalue weighted by molar-refractivity contribution is -0.0985. The standard InChI is InChI=1S/C15H28O2S/c1-15(2,16)13-8-4-7-12-11(13)6-5-9-14(12)17-10-18-3/h11-14,16H,4-10H2,1-3H3/t11?,12?,13-,14+/m0/s1. The predicted octanol–water partition coefficient (Wildman–Crippen LogP) is 3.68. The van der Waals surface area contributed by atoms with Gasteiger partial charge in [0, 0.05) is 0 Å². The third kappa shape index (κ3) is 3.23. The van der Waals surface area contributed by atoms with Gasteiger partial charge < -0.3 is 9.84 Å². The van der Waals surface area contributed by atoms with Crippen LogP contribution in [0.25, 0.3) is 0 Å². The van der Waals surface area contributed by atoms with Gasteiger partial charge in [-0.3, -0.25) is 0 Å². The van der Waals surface area contributed by atoms with E-state index in [1.165, 1.54) is 38.5 Å². The molecule has 2 fully saturated rings. The van der Waals surface area contributed by atoms with Crippen molar-refractivity contribution in [3.63, 3.8) is 0 Å². The third-order valence-electron chi connectivity index (χ3n) is 4.93. The van der Waals surface area contributed by atoms with Crippen LogP contribution in [0.1, 0.15) is 52.4 Å². The molecule has 0 spiro atoms. The fraction of sp³-hybridized carbons (Fsp3) is 1.00. The van der Waals surface area contributed by atoms with Crippen LogP contribution < -0.4 is 0 Å². The Balaban J connectivity index is 2.05. The Labute approximate surface area is 116 Å². The number of hydrogen-bond donors (Lipinski definition) is 1. The average molecular weight is 272 g/mol. The molecule has 2 saturated carbocycles. The van der Waals surface area contributed by atoms with Gasteiger partial charge in [-0.05, 0) is 63.5 Å². The van der Waals surface area contributed by atoms with Crippen molar-refractivity contribution in [2.75, 3.05) is 12.2 Å². The highest BCUT2D eigenvalue weighted by Gasteiger charge is 2.45. The molecular formula is C15H28O2S. The molecule has 0 bridgehead atoms. The Morgan fingerprint density at radius 2 is 1.78 bits per heavy atom. The van der Waals surface area contributed by atoms with Crippen LogP contribution in [0.3, 0.4) is 0 Å². The van der Waals surface area contributed by atoms with Gasteiger partial charge >= 0.3 is 0 Å². The van der Waals surface area contributed by atoms with Crippen molar-refractivity contribution in [2.45, 2.75) is 64.1 Å². The quantitative estimate of drug-likeness (QED) is 0.792. The Kier molecular flexibility index (Phi) is 5.01. The van der Waals surface area contributed by atoms with Gasteiger partial charge in [0.15, 0.2) is 0 Å². The topological polar surface area (TPSA) is 29.5 Å². The smallest absolute Gasteiger partial charge is 0.0922 e. The maximum atomic E-state index is 10.4. The first-order valence-corrected chi connectivity index (χ1v) is 8.76. The molecule has 4 atom stereocenters. The molecule has 0 aromatic heterocycles. The molecular weight excluding hydrogens is 244 g/mol. The van der Waals surface area contributed by atoms with Crippen LogP contribution in [0.15, 0.2) is 0 Å². The molecule has 0 aliphatic heterocycles. The predicted molar refractivity (Wildman–Crippen MR) is 77.7 cm³/mol. The summed E-state index contributed by atoms with van der Waals surface area (Å²) in [5.41, 5.74) is -0.523. The van der Waals surface area contributed by atoms with Gasteiger partial charge in [-0.1, -0.05) is 12.8 Å². The van der Waals surface area contributed by atoms with Gasteiger partial charge in [-0.2, -0.15) is 0 Å². The van der Waals surface area contributed by atoms with Gasteiger partial charge in [0.1, 0.15) is 0 Å². The normalized spacial score (nSPS) is 37.3.